The van der Waals surface area contributed by atoms with Crippen molar-refractivity contribution in [1.29, 1.82) is 0 Å². The maximum Gasteiger partial charge on any atom is 0.251 e. The summed E-state index contributed by atoms with van der Waals surface area (Å²) >= 11 is 0. The van der Waals surface area contributed by atoms with Crippen LogP contribution in [0.3, 0.4) is 0 Å². The molecule has 1 fully saturated rings. The molecule has 6 heteroatoms. The number of carbonyl (C=O) groups is 2. The van der Waals surface area contributed by atoms with Gasteiger partial charge < -0.3 is 19.7 Å². The number of carbonyl (C=O) groups excluding carboxylic acids is 2. The van der Waals surface area contributed by atoms with Crippen LogP contribution in [0.15, 0.2) is 24.3 Å². The Labute approximate surface area is 136 Å². The smallest absolute Gasteiger partial charge is 0.251 e. The van der Waals surface area contributed by atoms with Gasteiger partial charge in [-0.3, -0.25) is 9.59 Å². The highest BCUT2D eigenvalue weighted by Gasteiger charge is 2.39. The Bertz CT molecular complexity index is 544. The average molecular weight is 320 g/mol. The van der Waals surface area contributed by atoms with E-state index < -0.39 is 12.1 Å². The van der Waals surface area contributed by atoms with Gasteiger partial charge in [-0.2, -0.15) is 0 Å². The molecule has 1 heterocycles. The van der Waals surface area contributed by atoms with Crippen LogP contribution < -0.4 is 5.32 Å². The predicted octanol–water partition coefficient (Wildman–Crippen LogP) is 1.05. The third-order valence-electron chi connectivity index (χ3n) is 3.99. The van der Waals surface area contributed by atoms with Gasteiger partial charge >= 0.3 is 0 Å². The minimum Gasteiger partial charge on any atom is -0.385 e. The van der Waals surface area contributed by atoms with Crippen LogP contribution in [0, 0.1) is 6.92 Å². The van der Waals surface area contributed by atoms with Gasteiger partial charge in [0.1, 0.15) is 6.61 Å². The number of ether oxygens (including phenoxy) is 2. The minimum atomic E-state index is -0.706. The Morgan fingerprint density at radius 2 is 2.09 bits per heavy atom. The highest BCUT2D eigenvalue weighted by Crippen LogP contribution is 2.29. The molecule has 0 aliphatic carbocycles. The van der Waals surface area contributed by atoms with Crippen LogP contribution >= 0.6 is 0 Å². The zero-order chi connectivity index (χ0) is 16.8. The monoisotopic (exact) mass is 320 g/mol. The van der Waals surface area contributed by atoms with Crippen molar-refractivity contribution in [2.75, 3.05) is 33.9 Å². The number of nitrogens with zero attached hydrogens (tertiary/aromatic N) is 1. The van der Waals surface area contributed by atoms with E-state index in [4.69, 9.17) is 9.47 Å². The number of aryl methyl sites for hydroxylation is 1. The molecule has 0 radical (unpaired) electrons. The standard InChI is InChI=1S/C17H24N2O4/c1-12-5-7-13(8-6-12)15-16(23-11-14(20)19(15)2)17(21)18-9-4-10-22-3/h5-8,15-16H,4,9-11H2,1-3H3,(H,18,21). The summed E-state index contributed by atoms with van der Waals surface area (Å²) in [5.74, 6) is -0.329. The van der Waals surface area contributed by atoms with E-state index in [-0.39, 0.29) is 18.4 Å². The number of rotatable bonds is 6. The molecule has 0 spiro atoms. The van der Waals surface area contributed by atoms with Gasteiger partial charge in [-0.25, -0.2) is 0 Å². The molecular weight excluding hydrogens is 296 g/mol. The fourth-order valence-corrected chi connectivity index (χ4v) is 2.62. The van der Waals surface area contributed by atoms with Crippen molar-refractivity contribution < 1.29 is 19.1 Å². The molecule has 0 aromatic heterocycles. The molecule has 6 nitrogen and oxygen atoms in total. The number of benzene rings is 1. The zero-order valence-electron chi connectivity index (χ0n) is 13.9. The lowest BCUT2D eigenvalue weighted by Gasteiger charge is -2.38. The Hall–Kier alpha value is -1.92. The molecule has 2 amide bonds. The molecule has 0 saturated carbocycles. The molecule has 1 aromatic rings. The molecule has 23 heavy (non-hydrogen) atoms. The van der Waals surface area contributed by atoms with E-state index in [2.05, 4.69) is 5.32 Å². The van der Waals surface area contributed by atoms with E-state index in [0.717, 1.165) is 17.5 Å². The molecule has 1 N–H and O–H groups in total. The summed E-state index contributed by atoms with van der Waals surface area (Å²) in [6, 6.07) is 7.39. The fourth-order valence-electron chi connectivity index (χ4n) is 2.62. The van der Waals surface area contributed by atoms with E-state index in [1.807, 2.05) is 31.2 Å². The van der Waals surface area contributed by atoms with E-state index in [0.29, 0.717) is 13.2 Å². The first kappa shape index (κ1) is 17.4. The van der Waals surface area contributed by atoms with Crippen molar-refractivity contribution in [3.8, 4) is 0 Å². The third-order valence-corrected chi connectivity index (χ3v) is 3.99. The summed E-state index contributed by atoms with van der Waals surface area (Å²) in [5.41, 5.74) is 2.02. The van der Waals surface area contributed by atoms with E-state index in [9.17, 15) is 9.59 Å². The number of nitrogens with one attached hydrogen (secondary N) is 1. The molecular formula is C17H24N2O4. The lowest BCUT2D eigenvalue weighted by Crippen LogP contribution is -2.53. The van der Waals surface area contributed by atoms with Crippen molar-refractivity contribution >= 4 is 11.8 Å². The summed E-state index contributed by atoms with van der Waals surface area (Å²) < 4.78 is 10.5. The molecule has 126 valence electrons. The van der Waals surface area contributed by atoms with Crippen LogP contribution in [0.2, 0.25) is 0 Å². The average Bonchev–Trinajstić information content (AvgIpc) is 2.55. The third kappa shape index (κ3) is 4.30. The Morgan fingerprint density at radius 3 is 2.74 bits per heavy atom. The van der Waals surface area contributed by atoms with Gasteiger partial charge in [0.2, 0.25) is 5.91 Å². The molecule has 2 unspecified atom stereocenters. The summed E-state index contributed by atoms with van der Waals surface area (Å²) in [6.45, 7) is 3.03. The summed E-state index contributed by atoms with van der Waals surface area (Å²) in [6.07, 6.45) is 0.0294. The fraction of sp³-hybridized carbons (Fsp3) is 0.529. The quantitative estimate of drug-likeness (QED) is 0.796. The van der Waals surface area contributed by atoms with Gasteiger partial charge in [-0.1, -0.05) is 29.8 Å². The number of likely N-dealkylation sites (N-methyl/N-ethyl adjacent to an activating group) is 1. The Kier molecular flexibility index (Phi) is 6.12. The van der Waals surface area contributed by atoms with Crippen LogP contribution in [-0.2, 0) is 19.1 Å². The van der Waals surface area contributed by atoms with Crippen molar-refractivity contribution in [2.45, 2.75) is 25.5 Å². The van der Waals surface area contributed by atoms with Gasteiger partial charge in [0.05, 0.1) is 6.04 Å². The maximum atomic E-state index is 12.4. The SMILES string of the molecule is COCCCNC(=O)C1OCC(=O)N(C)C1c1ccc(C)cc1. The van der Waals surface area contributed by atoms with Gasteiger partial charge in [-0.15, -0.1) is 0 Å². The summed E-state index contributed by atoms with van der Waals surface area (Å²) in [4.78, 5) is 26.0. The second kappa shape index (κ2) is 8.08. The summed E-state index contributed by atoms with van der Waals surface area (Å²) in [5, 5.41) is 2.85. The molecule has 1 aromatic carbocycles. The highest BCUT2D eigenvalue weighted by atomic mass is 16.5. The first-order valence-electron chi connectivity index (χ1n) is 7.75. The first-order chi connectivity index (χ1) is 11.0. The Morgan fingerprint density at radius 1 is 1.39 bits per heavy atom. The van der Waals surface area contributed by atoms with Crippen LogP contribution in [0.4, 0.5) is 0 Å². The van der Waals surface area contributed by atoms with Crippen LogP contribution in [0.5, 0.6) is 0 Å². The molecule has 2 rings (SSSR count). The van der Waals surface area contributed by atoms with Crippen molar-refractivity contribution in [3.05, 3.63) is 35.4 Å². The van der Waals surface area contributed by atoms with Crippen molar-refractivity contribution in [1.82, 2.24) is 10.2 Å². The molecule has 2 atom stereocenters. The highest BCUT2D eigenvalue weighted by molar-refractivity contribution is 5.86. The zero-order valence-corrected chi connectivity index (χ0v) is 13.9. The van der Waals surface area contributed by atoms with E-state index >= 15 is 0 Å². The minimum absolute atomic E-state index is 0.0744. The topological polar surface area (TPSA) is 67.9 Å². The lowest BCUT2D eigenvalue weighted by atomic mass is 9.96. The number of hydrogen-bond donors (Lipinski definition) is 1. The van der Waals surface area contributed by atoms with Crippen LogP contribution in [-0.4, -0.2) is 56.7 Å². The maximum absolute atomic E-state index is 12.4. The normalized spacial score (nSPS) is 21.3. The number of methoxy groups -OCH3 is 1. The van der Waals surface area contributed by atoms with E-state index in [1.165, 1.54) is 0 Å². The van der Waals surface area contributed by atoms with Crippen molar-refractivity contribution in [2.24, 2.45) is 0 Å². The van der Waals surface area contributed by atoms with Crippen LogP contribution in [0.1, 0.15) is 23.6 Å². The summed E-state index contributed by atoms with van der Waals surface area (Å²) in [7, 11) is 3.33. The predicted molar refractivity (Wildman–Crippen MR) is 85.9 cm³/mol. The molecule has 1 aliphatic heterocycles. The largest absolute Gasteiger partial charge is 0.385 e. The number of morpholine rings is 1. The Balaban J connectivity index is 2.13. The molecule has 1 saturated heterocycles. The lowest BCUT2D eigenvalue weighted by molar-refractivity contribution is -0.162. The second-order valence-electron chi connectivity index (χ2n) is 5.73. The van der Waals surface area contributed by atoms with Gasteiger partial charge in [-0.05, 0) is 18.9 Å². The number of hydrogen-bond acceptors (Lipinski definition) is 4. The number of amides is 2. The van der Waals surface area contributed by atoms with Crippen LogP contribution in [0.25, 0.3) is 0 Å². The molecule has 1 aliphatic rings. The van der Waals surface area contributed by atoms with Gasteiger partial charge in [0.25, 0.3) is 5.91 Å². The van der Waals surface area contributed by atoms with Gasteiger partial charge in [0, 0.05) is 27.3 Å². The van der Waals surface area contributed by atoms with Crippen molar-refractivity contribution in [3.63, 3.8) is 0 Å². The first-order valence-corrected chi connectivity index (χ1v) is 7.75. The van der Waals surface area contributed by atoms with Gasteiger partial charge in [0.15, 0.2) is 6.10 Å². The molecule has 0 bridgehead atoms. The van der Waals surface area contributed by atoms with E-state index in [1.54, 1.807) is 19.1 Å². The second-order valence-corrected chi connectivity index (χ2v) is 5.73.